The Kier molecular flexibility index (Phi) is 11.9. The number of aliphatic carboxylic acids is 1. The number of pyridine rings is 1. The number of halogens is 6. The van der Waals surface area contributed by atoms with Gasteiger partial charge in [-0.25, -0.2) is 0 Å². The molecule has 1 unspecified atom stereocenters. The lowest BCUT2D eigenvalue weighted by Crippen LogP contribution is -2.68. The van der Waals surface area contributed by atoms with Crippen LogP contribution < -0.4 is 9.47 Å². The van der Waals surface area contributed by atoms with E-state index in [-0.39, 0.29) is 63.6 Å². The Balaban J connectivity index is 1.33. The Hall–Kier alpha value is -4.40. The number of piperidine rings is 2. The fourth-order valence-corrected chi connectivity index (χ4v) is 9.14. The summed E-state index contributed by atoms with van der Waals surface area (Å²) in [6.45, 7) is 1.86. The lowest BCUT2D eigenvalue weighted by atomic mass is 9.72. The van der Waals surface area contributed by atoms with E-state index < -0.39 is 69.6 Å². The number of para-hydroxylation sites is 1. The van der Waals surface area contributed by atoms with Crippen molar-refractivity contribution in [3.8, 4) is 17.6 Å². The summed E-state index contributed by atoms with van der Waals surface area (Å²) in [5, 5.41) is 32.9. The SMILES string of the molecule is CCC[C@H]1N(C(O)c2ncccc2C(F)(F)F)CCC[C@@]1(Oc1csc(C(F)(F)F)c1)C(=O)N1CCC(C#N)(c2ccccc2O[C@H]2CC[C@H](C(=O)O)C2)CC1. The number of ether oxygens (including phenoxy) is 2. The molecule has 0 radical (unpaired) electrons. The summed E-state index contributed by atoms with van der Waals surface area (Å²) in [7, 11) is 0. The van der Waals surface area contributed by atoms with Gasteiger partial charge < -0.3 is 24.6 Å². The molecule has 2 aromatic heterocycles. The molecule has 3 aromatic rings. The molecule has 1 aliphatic carbocycles. The molecule has 17 heteroatoms. The van der Waals surface area contributed by atoms with E-state index in [1.807, 2.05) is 0 Å². The smallest absolute Gasteiger partial charge is 0.425 e. The predicted molar refractivity (Wildman–Crippen MR) is 190 cm³/mol. The highest BCUT2D eigenvalue weighted by Gasteiger charge is 2.57. The van der Waals surface area contributed by atoms with Crippen molar-refractivity contribution >= 4 is 23.2 Å². The van der Waals surface area contributed by atoms with E-state index in [2.05, 4.69) is 11.1 Å². The Bertz CT molecular complexity index is 1930. The number of nitrogens with zero attached hydrogens (tertiary/aromatic N) is 4. The van der Waals surface area contributed by atoms with Gasteiger partial charge in [0.1, 0.15) is 16.4 Å². The number of nitriles is 1. The zero-order valence-electron chi connectivity index (χ0n) is 30.5. The third-order valence-corrected chi connectivity index (χ3v) is 12.2. The monoisotopic (exact) mass is 808 g/mol. The van der Waals surface area contributed by atoms with Crippen LogP contribution >= 0.6 is 11.3 Å². The molecule has 1 saturated carbocycles. The maximum absolute atomic E-state index is 15.0. The van der Waals surface area contributed by atoms with Crippen LogP contribution in [0.1, 0.15) is 92.6 Å². The highest BCUT2D eigenvalue weighted by Crippen LogP contribution is 2.46. The molecule has 0 bridgehead atoms. The first-order valence-corrected chi connectivity index (χ1v) is 19.4. The van der Waals surface area contributed by atoms with Crippen LogP contribution in [0.2, 0.25) is 0 Å². The number of carboxylic acids is 1. The van der Waals surface area contributed by atoms with E-state index in [0.717, 1.165) is 29.8 Å². The number of thiophene rings is 1. The number of aliphatic hydroxyl groups is 1. The molecule has 56 heavy (non-hydrogen) atoms. The van der Waals surface area contributed by atoms with Gasteiger partial charge in [-0.1, -0.05) is 31.5 Å². The normalized spacial score (nSPS) is 25.0. The molecular formula is C39H42F6N4O6S. The molecule has 2 saturated heterocycles. The highest BCUT2D eigenvalue weighted by atomic mass is 32.1. The second-order valence-electron chi connectivity index (χ2n) is 14.7. The average molecular weight is 809 g/mol. The number of aromatic nitrogens is 1. The van der Waals surface area contributed by atoms with Gasteiger partial charge >= 0.3 is 18.3 Å². The van der Waals surface area contributed by atoms with Crippen molar-refractivity contribution in [1.29, 1.82) is 5.26 Å². The summed E-state index contributed by atoms with van der Waals surface area (Å²) in [6.07, 6.45) is -8.53. The number of likely N-dealkylation sites (tertiary alicyclic amines) is 2. The van der Waals surface area contributed by atoms with Gasteiger partial charge in [-0.05, 0) is 69.6 Å². The standard InChI is InChI=1S/C39H42F6N4O6S/c1-2-7-30-37(55-26-21-31(56-22-26)39(43,44)45,13-6-17-49(30)33(50)32-28(38(40,41)42)9-5-16-47-32)35(53)48-18-14-36(23-46,15-19-48)27-8-3-4-10-29(27)54-25-12-11-24(20-25)34(51)52/h3-5,8-10,16,21-22,24-25,30,33,50H,2,6-7,11-15,17-20H2,1H3,(H,51,52)/t24-,25-,30+,33?,37-/m0/s1. The molecule has 302 valence electrons. The highest BCUT2D eigenvalue weighted by molar-refractivity contribution is 7.10. The number of amides is 1. The molecule has 5 atom stereocenters. The van der Waals surface area contributed by atoms with Crippen molar-refractivity contribution in [1.82, 2.24) is 14.8 Å². The Morgan fingerprint density at radius 1 is 1.05 bits per heavy atom. The van der Waals surface area contributed by atoms with Crippen LogP contribution in [-0.4, -0.2) is 74.3 Å². The van der Waals surface area contributed by atoms with Crippen molar-refractivity contribution in [2.24, 2.45) is 5.92 Å². The minimum absolute atomic E-state index is 0.0133. The van der Waals surface area contributed by atoms with Crippen molar-refractivity contribution < 1.29 is 55.6 Å². The van der Waals surface area contributed by atoms with Gasteiger partial charge in [0.15, 0.2) is 6.23 Å². The summed E-state index contributed by atoms with van der Waals surface area (Å²) >= 11 is 0.379. The van der Waals surface area contributed by atoms with Crippen molar-refractivity contribution in [3.63, 3.8) is 0 Å². The predicted octanol–water partition coefficient (Wildman–Crippen LogP) is 7.97. The molecule has 4 heterocycles. The quantitative estimate of drug-likeness (QED) is 0.185. The van der Waals surface area contributed by atoms with E-state index >= 15 is 4.79 Å². The van der Waals surface area contributed by atoms with Gasteiger partial charge in [0, 0.05) is 42.8 Å². The van der Waals surface area contributed by atoms with Crippen LogP contribution in [0.5, 0.6) is 11.5 Å². The fourth-order valence-electron chi connectivity index (χ4n) is 8.46. The molecule has 2 N–H and O–H groups in total. The zero-order valence-corrected chi connectivity index (χ0v) is 31.3. The van der Waals surface area contributed by atoms with Crippen LogP contribution in [-0.2, 0) is 27.4 Å². The number of benzene rings is 1. The number of rotatable bonds is 11. The van der Waals surface area contributed by atoms with Gasteiger partial charge in [0.25, 0.3) is 5.91 Å². The zero-order chi connectivity index (χ0) is 40.5. The molecule has 0 spiro atoms. The third-order valence-electron chi connectivity index (χ3n) is 11.2. The van der Waals surface area contributed by atoms with Crippen LogP contribution in [0.25, 0.3) is 0 Å². The summed E-state index contributed by atoms with van der Waals surface area (Å²) in [6, 6.07) is 11.0. The minimum Gasteiger partial charge on any atom is -0.490 e. The number of hydrogen-bond acceptors (Lipinski definition) is 9. The lowest BCUT2D eigenvalue weighted by molar-refractivity contribution is -0.175. The van der Waals surface area contributed by atoms with Gasteiger partial charge in [-0.2, -0.15) is 31.6 Å². The number of hydrogen-bond donors (Lipinski definition) is 2. The van der Waals surface area contributed by atoms with E-state index in [1.165, 1.54) is 9.80 Å². The molecule has 1 amide bonds. The van der Waals surface area contributed by atoms with Gasteiger partial charge in [0.2, 0.25) is 5.60 Å². The van der Waals surface area contributed by atoms with Gasteiger partial charge in [0.05, 0.1) is 40.8 Å². The topological polar surface area (TPSA) is 136 Å². The minimum atomic E-state index is -4.86. The summed E-state index contributed by atoms with van der Waals surface area (Å²) < 4.78 is 96.2. The van der Waals surface area contributed by atoms with Crippen LogP contribution in [0, 0.1) is 17.2 Å². The molecule has 3 fully saturated rings. The number of carbonyl (C=O) groups is 2. The first-order chi connectivity index (χ1) is 26.5. The lowest BCUT2D eigenvalue weighted by Gasteiger charge is -2.52. The number of carboxylic acid groups (broad SMARTS) is 1. The second kappa shape index (κ2) is 16.2. The molecule has 2 aliphatic heterocycles. The Morgan fingerprint density at radius 3 is 2.41 bits per heavy atom. The van der Waals surface area contributed by atoms with E-state index in [0.29, 0.717) is 48.3 Å². The summed E-state index contributed by atoms with van der Waals surface area (Å²) in [4.78, 5) is 32.3. The Labute approximate surface area is 323 Å². The molecular weight excluding hydrogens is 767 g/mol. The van der Waals surface area contributed by atoms with Crippen LogP contribution in [0.3, 0.4) is 0 Å². The maximum Gasteiger partial charge on any atom is 0.425 e. The summed E-state index contributed by atoms with van der Waals surface area (Å²) in [5.74, 6) is -1.84. The molecule has 10 nitrogen and oxygen atoms in total. The Morgan fingerprint density at radius 2 is 1.79 bits per heavy atom. The van der Waals surface area contributed by atoms with E-state index in [9.17, 15) is 46.6 Å². The van der Waals surface area contributed by atoms with E-state index in [4.69, 9.17) is 9.47 Å². The first-order valence-electron chi connectivity index (χ1n) is 18.5. The van der Waals surface area contributed by atoms with Crippen LogP contribution in [0.15, 0.2) is 54.0 Å². The fraction of sp³-hybridized carbons (Fsp3) is 0.538. The van der Waals surface area contributed by atoms with Crippen LogP contribution in [0.4, 0.5) is 26.3 Å². The number of aliphatic hydroxyl groups excluding tert-OH is 1. The second-order valence-corrected chi connectivity index (χ2v) is 15.6. The summed E-state index contributed by atoms with van der Waals surface area (Å²) in [5.41, 5.74) is -4.31. The first kappa shape index (κ1) is 41.2. The average Bonchev–Trinajstić information content (AvgIpc) is 3.85. The van der Waals surface area contributed by atoms with Crippen molar-refractivity contribution in [3.05, 3.63) is 75.7 Å². The largest absolute Gasteiger partial charge is 0.490 e. The molecule has 1 aromatic carbocycles. The van der Waals surface area contributed by atoms with Crippen molar-refractivity contribution in [2.75, 3.05) is 19.6 Å². The number of alkyl halides is 6. The maximum atomic E-state index is 15.0. The van der Waals surface area contributed by atoms with Gasteiger partial charge in [-0.15, -0.1) is 11.3 Å². The molecule has 3 aliphatic rings. The van der Waals surface area contributed by atoms with E-state index in [1.54, 1.807) is 31.2 Å². The third kappa shape index (κ3) is 8.19. The van der Waals surface area contributed by atoms with Gasteiger partial charge in [-0.3, -0.25) is 19.5 Å². The number of carbonyl (C=O) groups excluding carboxylic acids is 1. The molecule has 6 rings (SSSR count). The van der Waals surface area contributed by atoms with Crippen molar-refractivity contribution in [2.45, 2.75) is 106 Å².